The van der Waals surface area contributed by atoms with Crippen LogP contribution in [0.1, 0.15) is 24.8 Å². The number of primary amides is 1. The lowest BCUT2D eigenvalue weighted by atomic mass is 9.78. The molecule has 3 rings (SSSR count). The van der Waals surface area contributed by atoms with Gasteiger partial charge in [-0.05, 0) is 62.0 Å². The zero-order chi connectivity index (χ0) is 18.6. The van der Waals surface area contributed by atoms with Crippen molar-refractivity contribution in [2.45, 2.75) is 25.8 Å². The average Bonchev–Trinajstić information content (AvgIpc) is 3.01. The highest BCUT2D eigenvalue weighted by atomic mass is 16.5. The molecule has 7 nitrogen and oxygen atoms in total. The van der Waals surface area contributed by atoms with Crippen molar-refractivity contribution in [1.82, 2.24) is 10.2 Å². The van der Waals surface area contributed by atoms with Crippen LogP contribution in [0.4, 0.5) is 0 Å². The van der Waals surface area contributed by atoms with Crippen molar-refractivity contribution in [3.8, 4) is 17.2 Å². The minimum Gasteiger partial charge on any atom is -0.493 e. The first-order chi connectivity index (χ1) is 12.5. The summed E-state index contributed by atoms with van der Waals surface area (Å²) in [5.41, 5.74) is 6.76. The summed E-state index contributed by atoms with van der Waals surface area (Å²) in [6.07, 6.45) is 3.79. The first-order valence-electron chi connectivity index (χ1n) is 9.14. The Morgan fingerprint density at radius 2 is 1.85 bits per heavy atom. The van der Waals surface area contributed by atoms with Gasteiger partial charge in [-0.1, -0.05) is 0 Å². The second-order valence-electron chi connectivity index (χ2n) is 7.30. The second-order valence-corrected chi connectivity index (χ2v) is 7.30. The number of carbonyl (C=O) groups excluding carboxylic acids is 1. The third-order valence-corrected chi connectivity index (χ3v) is 5.47. The van der Waals surface area contributed by atoms with Crippen LogP contribution in [0, 0.1) is 5.41 Å². The molecule has 0 unspecified atom stereocenters. The fourth-order valence-electron chi connectivity index (χ4n) is 4.10. The van der Waals surface area contributed by atoms with Crippen LogP contribution in [0.15, 0.2) is 12.1 Å². The van der Waals surface area contributed by atoms with Gasteiger partial charge in [0.15, 0.2) is 18.1 Å². The highest BCUT2D eigenvalue weighted by Crippen LogP contribution is 2.41. The molecule has 2 aliphatic heterocycles. The molecular formula is C19H29N3O4. The summed E-state index contributed by atoms with van der Waals surface area (Å²) < 4.78 is 16.4. The zero-order valence-corrected chi connectivity index (χ0v) is 15.7. The summed E-state index contributed by atoms with van der Waals surface area (Å²) in [4.78, 5) is 13.5. The smallest absolute Gasteiger partial charge is 0.255 e. The molecule has 2 fully saturated rings. The van der Waals surface area contributed by atoms with Crippen LogP contribution in [0.3, 0.4) is 0 Å². The van der Waals surface area contributed by atoms with Gasteiger partial charge in [0, 0.05) is 13.1 Å². The Morgan fingerprint density at radius 1 is 1.19 bits per heavy atom. The molecule has 0 bridgehead atoms. The molecule has 2 heterocycles. The van der Waals surface area contributed by atoms with E-state index in [9.17, 15) is 4.79 Å². The van der Waals surface area contributed by atoms with E-state index in [2.05, 4.69) is 10.2 Å². The molecule has 0 radical (unpaired) electrons. The zero-order valence-electron chi connectivity index (χ0n) is 15.7. The molecule has 2 saturated heterocycles. The lowest BCUT2D eigenvalue weighted by molar-refractivity contribution is -0.119. The van der Waals surface area contributed by atoms with E-state index in [1.165, 1.54) is 19.3 Å². The van der Waals surface area contributed by atoms with E-state index >= 15 is 0 Å². The quantitative estimate of drug-likeness (QED) is 0.756. The first kappa shape index (κ1) is 18.8. The lowest BCUT2D eigenvalue weighted by Gasteiger charge is -2.34. The van der Waals surface area contributed by atoms with Gasteiger partial charge in [-0.2, -0.15) is 0 Å². The van der Waals surface area contributed by atoms with Gasteiger partial charge in [-0.15, -0.1) is 0 Å². The Bertz CT molecular complexity index is 619. The predicted octanol–water partition coefficient (Wildman–Crippen LogP) is 1.14. The van der Waals surface area contributed by atoms with Gasteiger partial charge in [0.05, 0.1) is 14.2 Å². The molecular weight excluding hydrogens is 334 g/mol. The molecule has 144 valence electrons. The topological polar surface area (TPSA) is 86.1 Å². The number of hydrogen-bond donors (Lipinski definition) is 2. The fourth-order valence-corrected chi connectivity index (χ4v) is 4.10. The Hall–Kier alpha value is -1.99. The maximum Gasteiger partial charge on any atom is 0.255 e. The van der Waals surface area contributed by atoms with E-state index < -0.39 is 5.91 Å². The van der Waals surface area contributed by atoms with Gasteiger partial charge >= 0.3 is 0 Å². The summed E-state index contributed by atoms with van der Waals surface area (Å²) in [7, 11) is 3.16. The van der Waals surface area contributed by atoms with Gasteiger partial charge in [0.25, 0.3) is 5.91 Å². The molecule has 1 amide bonds. The second kappa shape index (κ2) is 8.14. The van der Waals surface area contributed by atoms with Gasteiger partial charge in [-0.3, -0.25) is 9.69 Å². The van der Waals surface area contributed by atoms with Gasteiger partial charge in [-0.25, -0.2) is 0 Å². The number of amides is 1. The number of carbonyl (C=O) groups is 1. The number of methoxy groups -OCH3 is 2. The molecule has 1 aromatic rings. The number of hydrogen-bond acceptors (Lipinski definition) is 6. The summed E-state index contributed by atoms with van der Waals surface area (Å²) in [6.45, 7) is 5.14. The van der Waals surface area contributed by atoms with Crippen molar-refractivity contribution >= 4 is 5.91 Å². The fraction of sp³-hybridized carbons (Fsp3) is 0.632. The first-order valence-corrected chi connectivity index (χ1v) is 9.14. The number of rotatable bonds is 7. The molecule has 1 spiro atoms. The molecule has 3 N–H and O–H groups in total. The summed E-state index contributed by atoms with van der Waals surface area (Å²) in [5.74, 6) is 0.976. The van der Waals surface area contributed by atoms with Crippen LogP contribution in [0.5, 0.6) is 17.2 Å². The summed E-state index contributed by atoms with van der Waals surface area (Å²) in [6, 6.07) is 3.90. The standard InChI is InChI=1S/C19H29N3O4/c1-24-15-9-14(10-16(25-2)18(15)26-12-17(20)23)11-22-8-5-19(13-22)3-6-21-7-4-19/h9-10,21H,3-8,11-13H2,1-2H3,(H2,20,23). The van der Waals surface area contributed by atoms with Crippen LogP contribution in [-0.2, 0) is 11.3 Å². The predicted molar refractivity (Wildman–Crippen MR) is 98.7 cm³/mol. The van der Waals surface area contributed by atoms with Gasteiger partial charge in [0.2, 0.25) is 5.75 Å². The van der Waals surface area contributed by atoms with Gasteiger partial charge in [0.1, 0.15) is 0 Å². The normalized spacial score (nSPS) is 19.5. The minimum absolute atomic E-state index is 0.214. The van der Waals surface area contributed by atoms with Crippen LogP contribution >= 0.6 is 0 Å². The molecule has 0 atom stereocenters. The summed E-state index contributed by atoms with van der Waals surface area (Å²) in [5, 5.41) is 3.46. The average molecular weight is 363 g/mol. The monoisotopic (exact) mass is 363 g/mol. The number of nitrogens with zero attached hydrogens (tertiary/aromatic N) is 1. The van der Waals surface area contributed by atoms with E-state index in [-0.39, 0.29) is 6.61 Å². The van der Waals surface area contributed by atoms with E-state index in [0.29, 0.717) is 22.7 Å². The lowest BCUT2D eigenvalue weighted by Crippen LogP contribution is -2.38. The number of likely N-dealkylation sites (tertiary alicyclic amines) is 1. The van der Waals surface area contributed by atoms with E-state index in [1.54, 1.807) is 14.2 Å². The Balaban J connectivity index is 1.72. The molecule has 0 aromatic heterocycles. The van der Waals surface area contributed by atoms with E-state index in [0.717, 1.165) is 38.3 Å². The number of nitrogens with one attached hydrogen (secondary N) is 1. The van der Waals surface area contributed by atoms with Crippen molar-refractivity contribution in [3.63, 3.8) is 0 Å². The van der Waals surface area contributed by atoms with Crippen molar-refractivity contribution in [3.05, 3.63) is 17.7 Å². The number of benzene rings is 1. The maximum absolute atomic E-state index is 11.0. The van der Waals surface area contributed by atoms with Crippen LogP contribution in [-0.4, -0.2) is 57.8 Å². The highest BCUT2D eigenvalue weighted by molar-refractivity contribution is 5.75. The third kappa shape index (κ3) is 4.22. The summed E-state index contributed by atoms with van der Waals surface area (Å²) >= 11 is 0. The minimum atomic E-state index is -0.539. The Kier molecular flexibility index (Phi) is 5.88. The Morgan fingerprint density at radius 3 is 2.42 bits per heavy atom. The maximum atomic E-state index is 11.0. The molecule has 0 aliphatic carbocycles. The number of piperidine rings is 1. The van der Waals surface area contributed by atoms with E-state index in [1.807, 2.05) is 12.1 Å². The van der Waals surface area contributed by atoms with Crippen LogP contribution in [0.2, 0.25) is 0 Å². The van der Waals surface area contributed by atoms with Crippen molar-refractivity contribution in [2.24, 2.45) is 11.1 Å². The Labute approximate surface area is 154 Å². The van der Waals surface area contributed by atoms with Crippen molar-refractivity contribution in [2.75, 3.05) is 47.0 Å². The SMILES string of the molecule is COc1cc(CN2CCC3(CCNCC3)C2)cc(OC)c1OCC(N)=O. The van der Waals surface area contributed by atoms with E-state index in [4.69, 9.17) is 19.9 Å². The van der Waals surface area contributed by atoms with Crippen molar-refractivity contribution in [1.29, 1.82) is 0 Å². The largest absolute Gasteiger partial charge is 0.493 e. The van der Waals surface area contributed by atoms with Gasteiger partial charge < -0.3 is 25.3 Å². The number of ether oxygens (including phenoxy) is 3. The van der Waals surface area contributed by atoms with Crippen LogP contribution < -0.4 is 25.3 Å². The van der Waals surface area contributed by atoms with Crippen LogP contribution in [0.25, 0.3) is 0 Å². The molecule has 2 aliphatic rings. The molecule has 26 heavy (non-hydrogen) atoms. The number of nitrogens with two attached hydrogens (primary N) is 1. The highest BCUT2D eigenvalue weighted by Gasteiger charge is 2.38. The molecule has 7 heteroatoms. The molecule has 1 aromatic carbocycles. The third-order valence-electron chi connectivity index (χ3n) is 5.47. The van der Waals surface area contributed by atoms with Crippen molar-refractivity contribution < 1.29 is 19.0 Å². The molecule has 0 saturated carbocycles.